The van der Waals surface area contributed by atoms with Gasteiger partial charge < -0.3 is 14.2 Å². The molecule has 0 N–H and O–H groups in total. The van der Waals surface area contributed by atoms with Gasteiger partial charge in [-0.2, -0.15) is 0 Å². The topological polar surface area (TPSA) is 51.3 Å². The van der Waals surface area contributed by atoms with Gasteiger partial charge in [-0.15, -0.1) is 0 Å². The lowest BCUT2D eigenvalue weighted by Gasteiger charge is -2.26. The Bertz CT molecular complexity index is 507. The van der Waals surface area contributed by atoms with Crippen molar-refractivity contribution in [3.05, 3.63) is 35.9 Å². The summed E-state index contributed by atoms with van der Waals surface area (Å²) in [6, 6.07) is 9.82. The summed E-state index contributed by atoms with van der Waals surface area (Å²) in [6.07, 6.45) is 1.55. The fourth-order valence-corrected chi connectivity index (χ4v) is 3.07. The standard InChI is InChI=1S/C17H23NO4/c1-3-8-14-15(22-14)16-18(17(19)20-4-2)13(11-21-16)12-9-6-5-7-10-12/h5-7,9-10,13-16H,3-4,8,11H2,1-2H3/t13-,14-,15+,16+/m0/s1. The molecule has 2 heterocycles. The molecule has 0 spiro atoms. The molecule has 0 bridgehead atoms. The molecule has 22 heavy (non-hydrogen) atoms. The van der Waals surface area contributed by atoms with Crippen LogP contribution >= 0.6 is 0 Å². The molecule has 1 aromatic carbocycles. The molecule has 0 aliphatic carbocycles. The molecule has 0 aromatic heterocycles. The molecule has 5 nitrogen and oxygen atoms in total. The number of carbonyl (C=O) groups excluding carboxylic acids is 1. The summed E-state index contributed by atoms with van der Waals surface area (Å²) in [5.74, 6) is 0. The van der Waals surface area contributed by atoms with Gasteiger partial charge >= 0.3 is 6.09 Å². The van der Waals surface area contributed by atoms with Crippen LogP contribution in [0.4, 0.5) is 4.79 Å². The SMILES string of the molecule is CCC[C@@H]1O[C@H]1[C@H]1OC[C@@H](c2ccccc2)N1C(=O)OCC. The molecule has 0 saturated carbocycles. The van der Waals surface area contributed by atoms with E-state index < -0.39 is 0 Å². The van der Waals surface area contributed by atoms with Crippen molar-refractivity contribution >= 4 is 6.09 Å². The molecular formula is C17H23NO4. The lowest BCUT2D eigenvalue weighted by molar-refractivity contribution is 0.00522. The van der Waals surface area contributed by atoms with Gasteiger partial charge in [-0.1, -0.05) is 43.7 Å². The van der Waals surface area contributed by atoms with Crippen LogP contribution in [0.5, 0.6) is 0 Å². The van der Waals surface area contributed by atoms with E-state index in [0.717, 1.165) is 18.4 Å². The quantitative estimate of drug-likeness (QED) is 0.784. The van der Waals surface area contributed by atoms with Gasteiger partial charge in [0.05, 0.1) is 25.4 Å². The van der Waals surface area contributed by atoms with Gasteiger partial charge in [0.25, 0.3) is 0 Å². The Balaban J connectivity index is 1.78. The van der Waals surface area contributed by atoms with Crippen molar-refractivity contribution in [2.75, 3.05) is 13.2 Å². The molecule has 2 fully saturated rings. The van der Waals surface area contributed by atoms with E-state index in [9.17, 15) is 4.79 Å². The van der Waals surface area contributed by atoms with E-state index in [1.807, 2.05) is 37.3 Å². The fraction of sp³-hybridized carbons (Fsp3) is 0.588. The Morgan fingerprint density at radius 1 is 1.32 bits per heavy atom. The average Bonchev–Trinajstić information content (AvgIpc) is 3.15. The number of ether oxygens (including phenoxy) is 3. The van der Waals surface area contributed by atoms with Crippen molar-refractivity contribution in [1.82, 2.24) is 4.90 Å². The first-order valence-electron chi connectivity index (χ1n) is 8.03. The second kappa shape index (κ2) is 6.67. The van der Waals surface area contributed by atoms with Crippen molar-refractivity contribution in [1.29, 1.82) is 0 Å². The van der Waals surface area contributed by atoms with Crippen molar-refractivity contribution in [3.8, 4) is 0 Å². The van der Waals surface area contributed by atoms with Gasteiger partial charge in [-0.3, -0.25) is 4.90 Å². The number of hydrogen-bond donors (Lipinski definition) is 0. The minimum atomic E-state index is -0.346. The van der Waals surface area contributed by atoms with Gasteiger partial charge in [0.2, 0.25) is 0 Å². The molecule has 3 rings (SSSR count). The Hall–Kier alpha value is -1.59. The minimum Gasteiger partial charge on any atom is -0.450 e. The maximum absolute atomic E-state index is 12.4. The van der Waals surface area contributed by atoms with Crippen LogP contribution in [0.25, 0.3) is 0 Å². The largest absolute Gasteiger partial charge is 0.450 e. The number of nitrogens with zero attached hydrogens (tertiary/aromatic N) is 1. The van der Waals surface area contributed by atoms with Crippen LogP contribution in [-0.4, -0.2) is 42.6 Å². The zero-order chi connectivity index (χ0) is 15.5. The van der Waals surface area contributed by atoms with Gasteiger partial charge in [0, 0.05) is 0 Å². The predicted molar refractivity (Wildman–Crippen MR) is 81.4 cm³/mol. The molecule has 1 amide bonds. The molecule has 0 unspecified atom stereocenters. The molecule has 2 aliphatic rings. The number of carbonyl (C=O) groups is 1. The monoisotopic (exact) mass is 305 g/mol. The normalized spacial score (nSPS) is 30.4. The second-order valence-electron chi connectivity index (χ2n) is 5.68. The van der Waals surface area contributed by atoms with E-state index in [0.29, 0.717) is 13.2 Å². The maximum atomic E-state index is 12.4. The molecule has 1 aromatic rings. The van der Waals surface area contributed by atoms with E-state index in [4.69, 9.17) is 14.2 Å². The Kier molecular flexibility index (Phi) is 4.64. The first-order chi connectivity index (χ1) is 10.8. The van der Waals surface area contributed by atoms with Crippen LogP contribution in [0.15, 0.2) is 30.3 Å². The summed E-state index contributed by atoms with van der Waals surface area (Å²) in [6.45, 7) is 4.78. The fourth-order valence-electron chi connectivity index (χ4n) is 3.07. The highest BCUT2D eigenvalue weighted by atomic mass is 16.6. The van der Waals surface area contributed by atoms with Gasteiger partial charge in [-0.25, -0.2) is 4.79 Å². The number of epoxide rings is 1. The first kappa shape index (κ1) is 15.3. The minimum absolute atomic E-state index is 0.0296. The second-order valence-corrected chi connectivity index (χ2v) is 5.68. The zero-order valence-electron chi connectivity index (χ0n) is 13.1. The van der Waals surface area contributed by atoms with Crippen LogP contribution in [0.2, 0.25) is 0 Å². The third-order valence-electron chi connectivity index (χ3n) is 4.17. The smallest absolute Gasteiger partial charge is 0.412 e. The van der Waals surface area contributed by atoms with Crippen LogP contribution in [0.1, 0.15) is 38.3 Å². The van der Waals surface area contributed by atoms with Crippen molar-refractivity contribution < 1.29 is 19.0 Å². The Morgan fingerprint density at radius 3 is 2.77 bits per heavy atom. The van der Waals surface area contributed by atoms with Crippen LogP contribution in [0.3, 0.4) is 0 Å². The van der Waals surface area contributed by atoms with Crippen molar-refractivity contribution in [2.45, 2.75) is 51.2 Å². The van der Waals surface area contributed by atoms with Crippen molar-refractivity contribution in [2.24, 2.45) is 0 Å². The molecule has 2 saturated heterocycles. The average molecular weight is 305 g/mol. The molecular weight excluding hydrogens is 282 g/mol. The predicted octanol–water partition coefficient (Wildman–Crippen LogP) is 3.11. The highest BCUT2D eigenvalue weighted by Crippen LogP contribution is 2.40. The summed E-state index contributed by atoms with van der Waals surface area (Å²) in [5, 5.41) is 0. The molecule has 2 aliphatic heterocycles. The van der Waals surface area contributed by atoms with E-state index in [2.05, 4.69) is 6.92 Å². The molecule has 5 heteroatoms. The van der Waals surface area contributed by atoms with Gasteiger partial charge in [0.1, 0.15) is 6.10 Å². The van der Waals surface area contributed by atoms with Crippen LogP contribution in [-0.2, 0) is 14.2 Å². The lowest BCUT2D eigenvalue weighted by Crippen LogP contribution is -2.42. The van der Waals surface area contributed by atoms with E-state index in [-0.39, 0.29) is 30.6 Å². The summed E-state index contributed by atoms with van der Waals surface area (Å²) in [5.41, 5.74) is 1.06. The van der Waals surface area contributed by atoms with Gasteiger partial charge in [0.15, 0.2) is 6.23 Å². The van der Waals surface area contributed by atoms with Crippen LogP contribution < -0.4 is 0 Å². The first-order valence-corrected chi connectivity index (χ1v) is 8.03. The van der Waals surface area contributed by atoms with Gasteiger partial charge in [-0.05, 0) is 18.9 Å². The van der Waals surface area contributed by atoms with Crippen LogP contribution in [0, 0.1) is 0 Å². The number of amides is 1. The third kappa shape index (κ3) is 2.96. The third-order valence-corrected chi connectivity index (χ3v) is 4.17. The van der Waals surface area contributed by atoms with E-state index in [1.165, 1.54) is 0 Å². The Labute approximate surface area is 131 Å². The summed E-state index contributed by atoms with van der Waals surface area (Å²) in [7, 11) is 0. The maximum Gasteiger partial charge on any atom is 0.412 e. The Morgan fingerprint density at radius 2 is 2.09 bits per heavy atom. The highest BCUT2D eigenvalue weighted by molar-refractivity contribution is 5.69. The van der Waals surface area contributed by atoms with E-state index in [1.54, 1.807) is 4.90 Å². The molecule has 120 valence electrons. The number of benzene rings is 1. The lowest BCUT2D eigenvalue weighted by atomic mass is 10.1. The molecule has 0 radical (unpaired) electrons. The molecule has 4 atom stereocenters. The summed E-state index contributed by atoms with van der Waals surface area (Å²) in [4.78, 5) is 14.1. The summed E-state index contributed by atoms with van der Waals surface area (Å²) >= 11 is 0. The van der Waals surface area contributed by atoms with Crippen molar-refractivity contribution in [3.63, 3.8) is 0 Å². The number of rotatable bonds is 5. The summed E-state index contributed by atoms with van der Waals surface area (Å²) < 4.78 is 16.8. The zero-order valence-corrected chi connectivity index (χ0v) is 13.1. The van der Waals surface area contributed by atoms with E-state index >= 15 is 0 Å². The highest BCUT2D eigenvalue weighted by Gasteiger charge is 2.53. The number of hydrogen-bond acceptors (Lipinski definition) is 4.